The van der Waals surface area contributed by atoms with Crippen LogP contribution in [0.1, 0.15) is 13.3 Å². The zero-order valence-corrected chi connectivity index (χ0v) is 5.80. The van der Waals surface area contributed by atoms with Crippen molar-refractivity contribution in [2.24, 2.45) is 0 Å². The standard InChI is InChI=1S/C3H8O2S2/c1-2-3-5-7(4)6/h7H,2-3H2,1H3. The van der Waals surface area contributed by atoms with Gasteiger partial charge in [-0.15, -0.1) is 0 Å². The van der Waals surface area contributed by atoms with E-state index in [0.717, 1.165) is 6.42 Å². The summed E-state index contributed by atoms with van der Waals surface area (Å²) in [6.07, 6.45) is 0.873. The zero-order valence-electron chi connectivity index (χ0n) is 4.09. The highest BCUT2D eigenvalue weighted by Crippen LogP contribution is 1.77. The first-order valence-electron chi connectivity index (χ1n) is 2.04. The molecule has 0 heterocycles. The molecule has 2 nitrogen and oxygen atoms in total. The molecule has 0 amide bonds. The normalized spacial score (nSPS) is 13.9. The van der Waals surface area contributed by atoms with Crippen LogP contribution in [0.2, 0.25) is 0 Å². The molecule has 0 aromatic rings. The molecular formula is C3H8O2S2. The minimum atomic E-state index is -1.77. The summed E-state index contributed by atoms with van der Waals surface area (Å²) in [6, 6.07) is 0. The average Bonchev–Trinajstić information content (AvgIpc) is 1.61. The molecule has 0 rings (SSSR count). The number of hydrogen-bond donors (Lipinski definition) is 1. The van der Waals surface area contributed by atoms with Gasteiger partial charge in [-0.3, -0.25) is 4.18 Å². The Morgan fingerprint density at radius 2 is 2.43 bits per heavy atom. The first-order valence-corrected chi connectivity index (χ1v) is 4.23. The molecule has 0 saturated heterocycles. The second-order valence-electron chi connectivity index (χ2n) is 1.06. The van der Waals surface area contributed by atoms with Gasteiger partial charge in [0.25, 0.3) is 0 Å². The van der Waals surface area contributed by atoms with Crippen LogP contribution in [-0.4, -0.2) is 10.8 Å². The SMILES string of the molecule is CCCO[SH](=O)=S. The molecule has 0 N–H and O–H groups in total. The zero-order chi connectivity index (χ0) is 5.70. The molecule has 0 aromatic heterocycles. The molecule has 0 radical (unpaired) electrons. The molecular weight excluding hydrogens is 132 g/mol. The molecule has 0 aliphatic rings. The Labute approximate surface area is 49.8 Å². The van der Waals surface area contributed by atoms with Crippen molar-refractivity contribution in [1.82, 2.24) is 0 Å². The summed E-state index contributed by atoms with van der Waals surface area (Å²) in [6.45, 7) is 2.45. The summed E-state index contributed by atoms with van der Waals surface area (Å²) in [5.41, 5.74) is 0. The third kappa shape index (κ3) is 6.33. The van der Waals surface area contributed by atoms with Crippen molar-refractivity contribution in [1.29, 1.82) is 0 Å². The monoisotopic (exact) mass is 140 g/mol. The van der Waals surface area contributed by atoms with Gasteiger partial charge >= 0.3 is 0 Å². The first kappa shape index (κ1) is 7.33. The lowest BCUT2D eigenvalue weighted by Gasteiger charge is -1.86. The van der Waals surface area contributed by atoms with E-state index in [9.17, 15) is 4.21 Å². The Kier molecular flexibility index (Phi) is 4.70. The summed E-state index contributed by atoms with van der Waals surface area (Å²) in [7, 11) is -1.77. The van der Waals surface area contributed by atoms with Crippen molar-refractivity contribution >= 4 is 20.8 Å². The quantitative estimate of drug-likeness (QED) is 0.570. The van der Waals surface area contributed by atoms with Crippen LogP contribution in [0, 0.1) is 0 Å². The molecule has 1 unspecified atom stereocenters. The van der Waals surface area contributed by atoms with E-state index in [1.54, 1.807) is 0 Å². The highest BCUT2D eigenvalue weighted by molar-refractivity contribution is 8.19. The summed E-state index contributed by atoms with van der Waals surface area (Å²) in [4.78, 5) is 0. The second-order valence-corrected chi connectivity index (χ2v) is 2.66. The van der Waals surface area contributed by atoms with E-state index in [0.29, 0.717) is 6.61 Å². The third-order valence-corrected chi connectivity index (χ3v) is 1.11. The maximum absolute atomic E-state index is 9.94. The minimum absolute atomic E-state index is 0.513. The largest absolute Gasteiger partial charge is 0.292 e. The van der Waals surface area contributed by atoms with Crippen LogP contribution in [0.25, 0.3) is 0 Å². The van der Waals surface area contributed by atoms with Gasteiger partial charge < -0.3 is 0 Å². The van der Waals surface area contributed by atoms with Crippen molar-refractivity contribution in [2.75, 3.05) is 6.61 Å². The van der Waals surface area contributed by atoms with Crippen molar-refractivity contribution in [3.8, 4) is 0 Å². The number of hydrogen-bond acceptors (Lipinski definition) is 3. The Bertz CT molecular complexity index is 89.1. The predicted molar refractivity (Wildman–Crippen MR) is 33.1 cm³/mol. The van der Waals surface area contributed by atoms with E-state index in [2.05, 4.69) is 15.4 Å². The Balaban J connectivity index is 2.98. The molecule has 0 bridgehead atoms. The molecule has 0 spiro atoms. The second kappa shape index (κ2) is 4.49. The van der Waals surface area contributed by atoms with Crippen LogP contribution in [0.4, 0.5) is 0 Å². The van der Waals surface area contributed by atoms with E-state index in [4.69, 9.17) is 0 Å². The summed E-state index contributed by atoms with van der Waals surface area (Å²) in [5, 5.41) is 0. The van der Waals surface area contributed by atoms with Gasteiger partial charge in [0.05, 0.1) is 6.61 Å². The lowest BCUT2D eigenvalue weighted by atomic mass is 10.5. The van der Waals surface area contributed by atoms with Crippen LogP contribution in [0.5, 0.6) is 0 Å². The van der Waals surface area contributed by atoms with E-state index >= 15 is 0 Å². The van der Waals surface area contributed by atoms with Crippen LogP contribution in [0.3, 0.4) is 0 Å². The van der Waals surface area contributed by atoms with Gasteiger partial charge in [0.2, 0.25) is 0 Å². The number of thiol groups is 1. The van der Waals surface area contributed by atoms with Crippen molar-refractivity contribution in [3.63, 3.8) is 0 Å². The van der Waals surface area contributed by atoms with Crippen molar-refractivity contribution in [2.45, 2.75) is 13.3 Å². The van der Waals surface area contributed by atoms with Gasteiger partial charge in [-0.25, -0.2) is 4.21 Å². The molecule has 0 aromatic carbocycles. The minimum Gasteiger partial charge on any atom is -0.292 e. The maximum Gasteiger partial charge on any atom is 0.133 e. The molecule has 0 aliphatic carbocycles. The summed E-state index contributed by atoms with van der Waals surface area (Å²) in [5.74, 6) is 0. The lowest BCUT2D eigenvalue weighted by molar-refractivity contribution is 0.357. The highest BCUT2D eigenvalue weighted by Gasteiger charge is 1.76. The van der Waals surface area contributed by atoms with E-state index in [1.165, 1.54) is 0 Å². The first-order chi connectivity index (χ1) is 3.27. The third-order valence-electron chi connectivity index (χ3n) is 0.401. The fourth-order valence-electron chi connectivity index (χ4n) is 0.166. The molecule has 4 heteroatoms. The van der Waals surface area contributed by atoms with E-state index < -0.39 is 9.64 Å². The van der Waals surface area contributed by atoms with E-state index in [-0.39, 0.29) is 0 Å². The molecule has 0 aliphatic heterocycles. The molecule has 1 atom stereocenters. The Hall–Kier alpha value is 0.330. The van der Waals surface area contributed by atoms with Crippen LogP contribution >= 0.6 is 0 Å². The Morgan fingerprint density at radius 3 is 2.57 bits per heavy atom. The Morgan fingerprint density at radius 1 is 1.86 bits per heavy atom. The van der Waals surface area contributed by atoms with Crippen LogP contribution in [-0.2, 0) is 25.0 Å². The molecule has 7 heavy (non-hydrogen) atoms. The smallest absolute Gasteiger partial charge is 0.133 e. The number of rotatable bonds is 3. The van der Waals surface area contributed by atoms with Crippen LogP contribution in [0.15, 0.2) is 0 Å². The topological polar surface area (TPSA) is 26.3 Å². The van der Waals surface area contributed by atoms with Gasteiger partial charge in [-0.05, 0) is 6.42 Å². The highest BCUT2D eigenvalue weighted by atomic mass is 32.8. The fourth-order valence-corrected chi connectivity index (χ4v) is 0.721. The van der Waals surface area contributed by atoms with Gasteiger partial charge in [-0.2, -0.15) is 0 Å². The molecule has 0 saturated carbocycles. The fraction of sp³-hybridized carbons (Fsp3) is 1.00. The summed E-state index contributed by atoms with van der Waals surface area (Å²) < 4.78 is 14.5. The average molecular weight is 140 g/mol. The van der Waals surface area contributed by atoms with Crippen LogP contribution < -0.4 is 0 Å². The van der Waals surface area contributed by atoms with Crippen molar-refractivity contribution in [3.05, 3.63) is 0 Å². The van der Waals surface area contributed by atoms with Gasteiger partial charge in [0.1, 0.15) is 9.64 Å². The maximum atomic E-state index is 9.94. The predicted octanol–water partition coefficient (Wildman–Crippen LogP) is 0.271. The lowest BCUT2D eigenvalue weighted by Crippen LogP contribution is -1.86. The van der Waals surface area contributed by atoms with Crippen molar-refractivity contribution < 1.29 is 8.39 Å². The van der Waals surface area contributed by atoms with Gasteiger partial charge in [-0.1, -0.05) is 6.92 Å². The van der Waals surface area contributed by atoms with Gasteiger partial charge in [0.15, 0.2) is 0 Å². The van der Waals surface area contributed by atoms with E-state index in [1.807, 2.05) is 6.92 Å². The summed E-state index contributed by atoms with van der Waals surface area (Å²) >= 11 is 4.23. The molecule has 0 fully saturated rings. The molecule has 44 valence electrons. The van der Waals surface area contributed by atoms with Gasteiger partial charge in [0, 0.05) is 11.2 Å².